The van der Waals surface area contributed by atoms with Crippen LogP contribution in [0.1, 0.15) is 31.9 Å². The Labute approximate surface area is 155 Å². The van der Waals surface area contributed by atoms with E-state index >= 15 is 0 Å². The van der Waals surface area contributed by atoms with Crippen molar-refractivity contribution in [3.05, 3.63) is 22.7 Å². The largest absolute Gasteiger partial charge is 0.454 e. The molecule has 0 spiro atoms. The molecule has 2 aliphatic heterocycles. The standard InChI is InChI=1S/C16H23ClN2O2.2ClH/c1-3-11(2)16(19-6-4-18-5-7-19)12-8-14-15(9-13(12)17)21-10-20-14;;/h8-9,11,16,18H,3-7,10H2,1-2H3;2*1H/t11?,16-;;/m1../s1. The fourth-order valence-electron chi connectivity index (χ4n) is 3.21. The normalized spacial score (nSPS) is 19.4. The van der Waals surface area contributed by atoms with Crippen LogP contribution in [0.4, 0.5) is 0 Å². The highest BCUT2D eigenvalue weighted by Crippen LogP contribution is 2.42. The van der Waals surface area contributed by atoms with Gasteiger partial charge in [0.1, 0.15) is 0 Å². The van der Waals surface area contributed by atoms with E-state index in [0.717, 1.165) is 54.7 Å². The highest BCUT2D eigenvalue weighted by Gasteiger charge is 2.30. The Kier molecular flexibility index (Phi) is 8.25. The number of rotatable bonds is 4. The van der Waals surface area contributed by atoms with E-state index in [1.807, 2.05) is 6.07 Å². The molecule has 2 aliphatic rings. The van der Waals surface area contributed by atoms with Crippen LogP contribution in [0.5, 0.6) is 11.5 Å². The molecule has 1 N–H and O–H groups in total. The minimum atomic E-state index is 0. The maximum Gasteiger partial charge on any atom is 0.231 e. The Morgan fingerprint density at radius 3 is 2.39 bits per heavy atom. The van der Waals surface area contributed by atoms with Gasteiger partial charge in [0.15, 0.2) is 11.5 Å². The summed E-state index contributed by atoms with van der Waals surface area (Å²) in [5.41, 5.74) is 1.16. The van der Waals surface area contributed by atoms with Crippen molar-refractivity contribution in [3.63, 3.8) is 0 Å². The van der Waals surface area contributed by atoms with Crippen LogP contribution >= 0.6 is 36.4 Å². The van der Waals surface area contributed by atoms with Gasteiger partial charge in [0.25, 0.3) is 0 Å². The number of fused-ring (bicyclic) bond motifs is 1. The first-order chi connectivity index (χ1) is 10.2. The summed E-state index contributed by atoms with van der Waals surface area (Å²) < 4.78 is 10.9. The van der Waals surface area contributed by atoms with Crippen molar-refractivity contribution < 1.29 is 9.47 Å². The van der Waals surface area contributed by atoms with Crippen LogP contribution < -0.4 is 14.8 Å². The fourth-order valence-corrected chi connectivity index (χ4v) is 3.47. The van der Waals surface area contributed by atoms with Gasteiger partial charge in [0, 0.05) is 43.3 Å². The third-order valence-electron chi connectivity index (χ3n) is 4.54. The molecule has 2 heterocycles. The summed E-state index contributed by atoms with van der Waals surface area (Å²) in [6.45, 7) is 9.01. The van der Waals surface area contributed by atoms with Crippen LogP contribution in [-0.4, -0.2) is 37.9 Å². The summed E-state index contributed by atoms with van der Waals surface area (Å²) in [5, 5.41) is 4.20. The Hall–Kier alpha value is -0.390. The van der Waals surface area contributed by atoms with E-state index in [2.05, 4.69) is 30.1 Å². The molecule has 1 aromatic carbocycles. The van der Waals surface area contributed by atoms with Gasteiger partial charge in [-0.15, -0.1) is 24.8 Å². The van der Waals surface area contributed by atoms with E-state index in [1.165, 1.54) is 0 Å². The molecular weight excluding hydrogens is 359 g/mol. The lowest BCUT2D eigenvalue weighted by Crippen LogP contribution is -2.46. The maximum atomic E-state index is 6.55. The second-order valence-corrected chi connectivity index (χ2v) is 6.25. The molecule has 7 heteroatoms. The Morgan fingerprint density at radius 1 is 1.17 bits per heavy atom. The van der Waals surface area contributed by atoms with Crippen molar-refractivity contribution in [2.24, 2.45) is 5.92 Å². The minimum absolute atomic E-state index is 0. The Bertz CT molecular complexity index is 510. The summed E-state index contributed by atoms with van der Waals surface area (Å²) in [5.74, 6) is 2.12. The number of benzene rings is 1. The topological polar surface area (TPSA) is 33.7 Å². The number of nitrogens with zero attached hydrogens (tertiary/aromatic N) is 1. The SMILES string of the molecule is CCC(C)[C@H](c1cc2c(cc1Cl)OCO2)N1CCNCC1.Cl.Cl. The van der Waals surface area contributed by atoms with Gasteiger partial charge in [-0.05, 0) is 17.5 Å². The summed E-state index contributed by atoms with van der Waals surface area (Å²) in [4.78, 5) is 2.54. The number of hydrogen-bond acceptors (Lipinski definition) is 4. The van der Waals surface area contributed by atoms with Gasteiger partial charge in [-0.2, -0.15) is 0 Å². The third-order valence-corrected chi connectivity index (χ3v) is 4.87. The minimum Gasteiger partial charge on any atom is -0.454 e. The number of nitrogens with one attached hydrogen (secondary N) is 1. The lowest BCUT2D eigenvalue weighted by molar-refractivity contribution is 0.128. The number of hydrogen-bond donors (Lipinski definition) is 1. The molecule has 4 nitrogen and oxygen atoms in total. The summed E-state index contributed by atoms with van der Waals surface area (Å²) >= 11 is 6.55. The molecule has 2 atom stereocenters. The maximum absolute atomic E-state index is 6.55. The zero-order valence-electron chi connectivity index (χ0n) is 13.5. The van der Waals surface area contributed by atoms with Crippen molar-refractivity contribution in [2.75, 3.05) is 33.0 Å². The van der Waals surface area contributed by atoms with E-state index < -0.39 is 0 Å². The summed E-state index contributed by atoms with van der Waals surface area (Å²) in [6, 6.07) is 4.31. The number of halogens is 3. The molecule has 0 amide bonds. The van der Waals surface area contributed by atoms with Crippen LogP contribution in [0.2, 0.25) is 5.02 Å². The van der Waals surface area contributed by atoms with E-state index in [4.69, 9.17) is 21.1 Å². The first-order valence-electron chi connectivity index (χ1n) is 7.74. The highest BCUT2D eigenvalue weighted by molar-refractivity contribution is 6.31. The predicted octanol–water partition coefficient (Wildman–Crippen LogP) is 3.90. The zero-order valence-corrected chi connectivity index (χ0v) is 15.9. The molecule has 0 bridgehead atoms. The second kappa shape index (κ2) is 9.19. The quantitative estimate of drug-likeness (QED) is 0.855. The van der Waals surface area contributed by atoms with Crippen molar-refractivity contribution >= 4 is 36.4 Å². The smallest absolute Gasteiger partial charge is 0.231 e. The van der Waals surface area contributed by atoms with Gasteiger partial charge in [0.05, 0.1) is 0 Å². The monoisotopic (exact) mass is 382 g/mol. The summed E-state index contributed by atoms with van der Waals surface area (Å²) in [6.07, 6.45) is 1.12. The molecule has 132 valence electrons. The van der Waals surface area contributed by atoms with E-state index in [1.54, 1.807) is 0 Å². The van der Waals surface area contributed by atoms with Crippen molar-refractivity contribution in [3.8, 4) is 11.5 Å². The van der Waals surface area contributed by atoms with Gasteiger partial charge in [-0.1, -0.05) is 31.9 Å². The van der Waals surface area contributed by atoms with Crippen molar-refractivity contribution in [1.82, 2.24) is 10.2 Å². The number of ether oxygens (including phenoxy) is 2. The number of piperazine rings is 1. The molecule has 1 saturated heterocycles. The average molecular weight is 384 g/mol. The Balaban J connectivity index is 0.00000132. The molecule has 0 aromatic heterocycles. The average Bonchev–Trinajstić information content (AvgIpc) is 2.95. The van der Waals surface area contributed by atoms with Gasteiger partial charge >= 0.3 is 0 Å². The molecule has 0 saturated carbocycles. The molecule has 1 aromatic rings. The van der Waals surface area contributed by atoms with E-state index in [0.29, 0.717) is 12.0 Å². The molecule has 1 fully saturated rings. The molecule has 3 rings (SSSR count). The Morgan fingerprint density at radius 2 is 1.78 bits per heavy atom. The van der Waals surface area contributed by atoms with E-state index in [-0.39, 0.29) is 31.6 Å². The highest BCUT2D eigenvalue weighted by atomic mass is 35.5. The lowest BCUT2D eigenvalue weighted by atomic mass is 9.90. The van der Waals surface area contributed by atoms with E-state index in [9.17, 15) is 0 Å². The molecule has 1 unspecified atom stereocenters. The van der Waals surface area contributed by atoms with Crippen molar-refractivity contribution in [1.29, 1.82) is 0 Å². The second-order valence-electron chi connectivity index (χ2n) is 5.84. The van der Waals surface area contributed by atoms with Crippen LogP contribution in [-0.2, 0) is 0 Å². The fraction of sp³-hybridized carbons (Fsp3) is 0.625. The summed E-state index contributed by atoms with van der Waals surface area (Å²) in [7, 11) is 0. The van der Waals surface area contributed by atoms with Crippen LogP contribution in [0, 0.1) is 5.92 Å². The van der Waals surface area contributed by atoms with Crippen LogP contribution in [0.25, 0.3) is 0 Å². The van der Waals surface area contributed by atoms with Gasteiger partial charge < -0.3 is 14.8 Å². The third kappa shape index (κ3) is 4.37. The lowest BCUT2D eigenvalue weighted by Gasteiger charge is -2.38. The molecular formula is C16H25Cl3N2O2. The molecule has 0 radical (unpaired) electrons. The first-order valence-corrected chi connectivity index (χ1v) is 8.12. The van der Waals surface area contributed by atoms with Gasteiger partial charge in [-0.25, -0.2) is 0 Å². The first kappa shape index (κ1) is 20.7. The van der Waals surface area contributed by atoms with Gasteiger partial charge in [-0.3, -0.25) is 4.90 Å². The molecule has 0 aliphatic carbocycles. The van der Waals surface area contributed by atoms with Crippen LogP contribution in [0.3, 0.4) is 0 Å². The van der Waals surface area contributed by atoms with Crippen molar-refractivity contribution in [2.45, 2.75) is 26.3 Å². The van der Waals surface area contributed by atoms with Gasteiger partial charge in [0.2, 0.25) is 6.79 Å². The zero-order chi connectivity index (χ0) is 14.8. The molecule has 23 heavy (non-hydrogen) atoms. The van der Waals surface area contributed by atoms with Crippen LogP contribution in [0.15, 0.2) is 12.1 Å². The predicted molar refractivity (Wildman–Crippen MR) is 98.7 cm³/mol.